The zero-order valence-corrected chi connectivity index (χ0v) is 6.67. The highest BCUT2D eigenvalue weighted by atomic mass is 35.5. The minimum absolute atomic E-state index is 0.491. The van der Waals surface area contributed by atoms with Gasteiger partial charge in [-0.05, 0) is 18.1 Å². The Bertz CT molecular complexity index is 278. The van der Waals surface area contributed by atoms with Gasteiger partial charge in [0.05, 0.1) is 6.07 Å². The van der Waals surface area contributed by atoms with Crippen molar-refractivity contribution in [2.45, 2.75) is 12.8 Å². The molecule has 0 aliphatic carbocycles. The van der Waals surface area contributed by atoms with Gasteiger partial charge in [0.15, 0.2) is 0 Å². The van der Waals surface area contributed by atoms with E-state index in [-0.39, 0.29) is 0 Å². The summed E-state index contributed by atoms with van der Waals surface area (Å²) < 4.78 is 0. The molecule has 0 spiro atoms. The van der Waals surface area contributed by atoms with Gasteiger partial charge < -0.3 is 0 Å². The van der Waals surface area contributed by atoms with E-state index in [1.807, 2.05) is 12.1 Å². The van der Waals surface area contributed by atoms with Crippen LogP contribution in [0.4, 0.5) is 0 Å². The highest BCUT2D eigenvalue weighted by Crippen LogP contribution is 2.12. The quantitative estimate of drug-likeness (QED) is 0.632. The topological polar surface area (TPSA) is 36.7 Å². The average molecular weight is 167 g/mol. The number of hydrogen-bond donors (Lipinski definition) is 0. The lowest BCUT2D eigenvalue weighted by molar-refractivity contribution is 0.997. The molecule has 0 aliphatic rings. The van der Waals surface area contributed by atoms with E-state index in [0.29, 0.717) is 18.0 Å². The number of aromatic nitrogens is 1. The molecule has 0 aliphatic heterocycles. The van der Waals surface area contributed by atoms with E-state index in [4.69, 9.17) is 16.9 Å². The molecule has 0 unspecified atom stereocenters. The molecule has 1 aromatic rings. The van der Waals surface area contributed by atoms with Gasteiger partial charge in [-0.2, -0.15) is 5.26 Å². The second-order valence-electron chi connectivity index (χ2n) is 2.11. The summed E-state index contributed by atoms with van der Waals surface area (Å²) in [7, 11) is 0. The molecule has 0 aromatic carbocycles. The summed E-state index contributed by atoms with van der Waals surface area (Å²) in [6, 6.07) is 5.76. The maximum Gasteiger partial charge on any atom is 0.132 e. The molecule has 0 N–H and O–H groups in total. The highest BCUT2D eigenvalue weighted by Gasteiger charge is 1.97. The number of hydrogen-bond acceptors (Lipinski definition) is 2. The van der Waals surface area contributed by atoms with Crippen LogP contribution in [0.3, 0.4) is 0 Å². The zero-order valence-electron chi connectivity index (χ0n) is 5.92. The fraction of sp³-hybridized carbons (Fsp3) is 0.250. The number of nitrogens with zero attached hydrogens (tertiary/aromatic N) is 2. The largest absolute Gasteiger partial charge is 0.244 e. The van der Waals surface area contributed by atoms with Crippen LogP contribution in [0.5, 0.6) is 0 Å². The van der Waals surface area contributed by atoms with Crippen LogP contribution in [0.25, 0.3) is 0 Å². The van der Waals surface area contributed by atoms with Gasteiger partial charge in [0.2, 0.25) is 0 Å². The van der Waals surface area contributed by atoms with E-state index >= 15 is 0 Å². The van der Waals surface area contributed by atoms with Gasteiger partial charge in [-0.25, -0.2) is 4.98 Å². The van der Waals surface area contributed by atoms with Crippen LogP contribution in [0.15, 0.2) is 18.3 Å². The second kappa shape index (κ2) is 3.95. The minimum atomic E-state index is 0.491. The van der Waals surface area contributed by atoms with Crippen LogP contribution in [0, 0.1) is 11.3 Å². The third kappa shape index (κ3) is 2.21. The van der Waals surface area contributed by atoms with Crippen molar-refractivity contribution >= 4 is 11.6 Å². The van der Waals surface area contributed by atoms with E-state index in [1.165, 1.54) is 0 Å². The van der Waals surface area contributed by atoms with Crippen LogP contribution < -0.4 is 0 Å². The zero-order chi connectivity index (χ0) is 8.10. The first-order valence-electron chi connectivity index (χ1n) is 3.31. The molecule has 0 saturated heterocycles. The SMILES string of the molecule is N#CCCc1cccnc1Cl. The molecule has 0 bridgehead atoms. The maximum absolute atomic E-state index is 8.30. The molecule has 11 heavy (non-hydrogen) atoms. The lowest BCUT2D eigenvalue weighted by Gasteiger charge is -1.97. The van der Waals surface area contributed by atoms with Gasteiger partial charge >= 0.3 is 0 Å². The van der Waals surface area contributed by atoms with Crippen molar-refractivity contribution in [1.29, 1.82) is 5.26 Å². The molecule has 3 heteroatoms. The molecular formula is C8H7ClN2. The van der Waals surface area contributed by atoms with E-state index < -0.39 is 0 Å². The second-order valence-corrected chi connectivity index (χ2v) is 2.47. The molecule has 56 valence electrons. The van der Waals surface area contributed by atoms with Gasteiger partial charge in [-0.3, -0.25) is 0 Å². The van der Waals surface area contributed by atoms with Crippen molar-refractivity contribution in [3.63, 3.8) is 0 Å². The highest BCUT2D eigenvalue weighted by molar-refractivity contribution is 6.30. The first-order valence-corrected chi connectivity index (χ1v) is 3.68. The maximum atomic E-state index is 8.30. The van der Waals surface area contributed by atoms with Gasteiger partial charge in [-0.15, -0.1) is 0 Å². The summed E-state index contributed by atoms with van der Waals surface area (Å²) in [5, 5.41) is 8.81. The Morgan fingerprint density at radius 2 is 2.45 bits per heavy atom. The summed E-state index contributed by atoms with van der Waals surface area (Å²) >= 11 is 5.74. The number of halogens is 1. The average Bonchev–Trinajstić information content (AvgIpc) is 2.03. The minimum Gasteiger partial charge on any atom is -0.244 e. The normalized spacial score (nSPS) is 9.09. The molecule has 1 rings (SSSR count). The number of pyridine rings is 1. The predicted molar refractivity (Wildman–Crippen MR) is 43.2 cm³/mol. The lowest BCUT2D eigenvalue weighted by Crippen LogP contribution is -1.86. The first-order chi connectivity index (χ1) is 5.34. The molecule has 1 aromatic heterocycles. The smallest absolute Gasteiger partial charge is 0.132 e. The Labute approximate surface area is 70.4 Å². The Morgan fingerprint density at radius 1 is 1.64 bits per heavy atom. The monoisotopic (exact) mass is 166 g/mol. The Balaban J connectivity index is 2.71. The number of aryl methyl sites for hydroxylation is 1. The van der Waals surface area contributed by atoms with E-state index in [1.54, 1.807) is 6.20 Å². The summed E-state index contributed by atoms with van der Waals surface area (Å²) in [4.78, 5) is 3.89. The van der Waals surface area contributed by atoms with Crippen LogP contribution in [0.1, 0.15) is 12.0 Å². The van der Waals surface area contributed by atoms with Crippen molar-refractivity contribution in [1.82, 2.24) is 4.98 Å². The van der Waals surface area contributed by atoms with Crippen molar-refractivity contribution in [3.05, 3.63) is 29.0 Å². The molecule has 0 atom stereocenters. The first kappa shape index (κ1) is 8.03. The fourth-order valence-electron chi connectivity index (χ4n) is 0.796. The predicted octanol–water partition coefficient (Wildman–Crippen LogP) is 2.19. The van der Waals surface area contributed by atoms with Crippen molar-refractivity contribution < 1.29 is 0 Å². The third-order valence-corrected chi connectivity index (χ3v) is 1.68. The van der Waals surface area contributed by atoms with Crippen LogP contribution in [-0.2, 0) is 6.42 Å². The summed E-state index contributed by atoms with van der Waals surface area (Å²) in [6.07, 6.45) is 2.81. The Kier molecular flexibility index (Phi) is 2.88. The van der Waals surface area contributed by atoms with E-state index in [0.717, 1.165) is 5.56 Å². The number of rotatable bonds is 2. The van der Waals surface area contributed by atoms with Crippen LogP contribution >= 0.6 is 11.6 Å². The standard InChI is InChI=1S/C8H7ClN2/c9-8-7(3-1-5-10)4-2-6-11-8/h2,4,6H,1,3H2. The van der Waals surface area contributed by atoms with Crippen LogP contribution in [0.2, 0.25) is 5.15 Å². The molecular weight excluding hydrogens is 160 g/mol. The van der Waals surface area contributed by atoms with E-state index in [9.17, 15) is 0 Å². The van der Waals surface area contributed by atoms with Gasteiger partial charge in [0, 0.05) is 12.6 Å². The van der Waals surface area contributed by atoms with Gasteiger partial charge in [-0.1, -0.05) is 17.7 Å². The molecule has 0 amide bonds. The Hall–Kier alpha value is -1.07. The Morgan fingerprint density at radius 3 is 3.09 bits per heavy atom. The molecule has 0 fully saturated rings. The third-order valence-electron chi connectivity index (χ3n) is 1.34. The molecule has 0 saturated carbocycles. The summed E-state index contributed by atoms with van der Waals surface area (Å²) in [5.41, 5.74) is 0.940. The molecule has 1 heterocycles. The molecule has 2 nitrogen and oxygen atoms in total. The molecule has 0 radical (unpaired) electrons. The summed E-state index contributed by atoms with van der Waals surface area (Å²) in [5.74, 6) is 0. The lowest BCUT2D eigenvalue weighted by atomic mass is 10.2. The van der Waals surface area contributed by atoms with Crippen molar-refractivity contribution in [2.75, 3.05) is 0 Å². The van der Waals surface area contributed by atoms with Crippen molar-refractivity contribution in [2.24, 2.45) is 0 Å². The van der Waals surface area contributed by atoms with Crippen LogP contribution in [-0.4, -0.2) is 4.98 Å². The van der Waals surface area contributed by atoms with Crippen molar-refractivity contribution in [3.8, 4) is 6.07 Å². The van der Waals surface area contributed by atoms with E-state index in [2.05, 4.69) is 11.1 Å². The van der Waals surface area contributed by atoms with Gasteiger partial charge in [0.25, 0.3) is 0 Å². The van der Waals surface area contributed by atoms with Gasteiger partial charge in [0.1, 0.15) is 5.15 Å². The fourth-order valence-corrected chi connectivity index (χ4v) is 1.01. The summed E-state index contributed by atoms with van der Waals surface area (Å²) in [6.45, 7) is 0. The number of nitriles is 1.